The van der Waals surface area contributed by atoms with Gasteiger partial charge in [-0.1, -0.05) is 30.3 Å². The van der Waals surface area contributed by atoms with Crippen molar-refractivity contribution in [2.75, 3.05) is 13.1 Å². The van der Waals surface area contributed by atoms with Crippen molar-refractivity contribution in [2.45, 2.75) is 12.3 Å². The molecule has 1 fully saturated rings. The number of aliphatic carboxylic acids is 1. The fourth-order valence-corrected chi connectivity index (χ4v) is 3.26. The van der Waals surface area contributed by atoms with Gasteiger partial charge >= 0.3 is 5.97 Å². The van der Waals surface area contributed by atoms with E-state index in [2.05, 4.69) is 0 Å². The second kappa shape index (κ2) is 6.28. The van der Waals surface area contributed by atoms with Gasteiger partial charge in [0.05, 0.1) is 5.92 Å². The van der Waals surface area contributed by atoms with Crippen molar-refractivity contribution in [1.29, 1.82) is 0 Å². The lowest BCUT2D eigenvalue weighted by Crippen LogP contribution is -2.45. The van der Waals surface area contributed by atoms with Crippen LogP contribution in [0.2, 0.25) is 0 Å². The molecule has 0 saturated carbocycles. The van der Waals surface area contributed by atoms with E-state index in [1.54, 1.807) is 15.5 Å². The summed E-state index contributed by atoms with van der Waals surface area (Å²) in [5.74, 6) is -1.42. The minimum Gasteiger partial charge on any atom is -0.481 e. The van der Waals surface area contributed by atoms with Gasteiger partial charge in [0.2, 0.25) is 0 Å². The van der Waals surface area contributed by atoms with Gasteiger partial charge in [-0.2, -0.15) is 0 Å². The molecule has 1 aliphatic rings. The van der Waals surface area contributed by atoms with Gasteiger partial charge in [-0.05, 0) is 24.1 Å². The first-order chi connectivity index (χ1) is 11.1. The van der Waals surface area contributed by atoms with E-state index in [1.807, 2.05) is 49.6 Å². The molecule has 0 radical (unpaired) electrons. The third-order valence-electron chi connectivity index (χ3n) is 4.52. The van der Waals surface area contributed by atoms with Crippen LogP contribution in [0.25, 0.3) is 0 Å². The quantitative estimate of drug-likeness (QED) is 0.946. The Bertz CT molecular complexity index is 708. The summed E-state index contributed by atoms with van der Waals surface area (Å²) in [6.45, 7) is 0.820. The number of carbonyl (C=O) groups is 2. The smallest absolute Gasteiger partial charge is 0.308 e. The zero-order valence-corrected chi connectivity index (χ0v) is 13.1. The van der Waals surface area contributed by atoms with E-state index in [1.165, 1.54) is 0 Å². The number of likely N-dealkylation sites (tertiary alicyclic amines) is 1. The van der Waals surface area contributed by atoms with Crippen LogP contribution in [0.5, 0.6) is 0 Å². The standard InChI is InChI=1S/C18H20N2O3/c1-19-9-5-8-16(19)17(21)20-11-14(10-15(12-20)18(22)23)13-6-3-2-4-7-13/h2-9,14-15H,10-12H2,1H3,(H,22,23). The van der Waals surface area contributed by atoms with Crippen LogP contribution in [-0.4, -0.2) is 39.5 Å². The SMILES string of the molecule is Cn1cccc1C(=O)N1CC(C(=O)O)CC(c2ccccc2)C1. The molecular formula is C18H20N2O3. The topological polar surface area (TPSA) is 62.5 Å². The Morgan fingerprint density at radius 1 is 1.09 bits per heavy atom. The summed E-state index contributed by atoms with van der Waals surface area (Å²) in [4.78, 5) is 25.9. The molecule has 1 saturated heterocycles. The number of carbonyl (C=O) groups excluding carboxylic acids is 1. The van der Waals surface area contributed by atoms with Crippen molar-refractivity contribution in [3.05, 3.63) is 59.9 Å². The first-order valence-corrected chi connectivity index (χ1v) is 7.74. The van der Waals surface area contributed by atoms with Crippen LogP contribution in [0.15, 0.2) is 48.7 Å². The molecule has 1 aliphatic heterocycles. The van der Waals surface area contributed by atoms with Gasteiger partial charge in [-0.15, -0.1) is 0 Å². The number of benzene rings is 1. The number of aromatic nitrogens is 1. The van der Waals surface area contributed by atoms with Crippen molar-refractivity contribution in [3.63, 3.8) is 0 Å². The number of rotatable bonds is 3. The summed E-state index contributed by atoms with van der Waals surface area (Å²) in [7, 11) is 1.82. The van der Waals surface area contributed by atoms with Crippen LogP contribution in [0.1, 0.15) is 28.4 Å². The predicted molar refractivity (Wildman–Crippen MR) is 86.2 cm³/mol. The van der Waals surface area contributed by atoms with Gasteiger partial charge in [0.15, 0.2) is 0 Å². The zero-order chi connectivity index (χ0) is 16.4. The summed E-state index contributed by atoms with van der Waals surface area (Å²) in [6.07, 6.45) is 2.39. The van der Waals surface area contributed by atoms with Crippen LogP contribution in [-0.2, 0) is 11.8 Å². The number of piperidine rings is 1. The number of carboxylic acids is 1. The normalized spacial score (nSPS) is 21.2. The lowest BCUT2D eigenvalue weighted by Gasteiger charge is -2.36. The van der Waals surface area contributed by atoms with Crippen LogP contribution >= 0.6 is 0 Å². The Labute approximate surface area is 135 Å². The van der Waals surface area contributed by atoms with Crippen molar-refractivity contribution in [1.82, 2.24) is 9.47 Å². The summed E-state index contributed by atoms with van der Waals surface area (Å²) in [6, 6.07) is 13.4. The van der Waals surface area contributed by atoms with Gasteiger partial charge in [-0.25, -0.2) is 0 Å². The fraction of sp³-hybridized carbons (Fsp3) is 0.333. The number of nitrogens with zero attached hydrogens (tertiary/aromatic N) is 2. The van der Waals surface area contributed by atoms with E-state index in [9.17, 15) is 14.7 Å². The van der Waals surface area contributed by atoms with Crippen molar-refractivity contribution >= 4 is 11.9 Å². The van der Waals surface area contributed by atoms with Crippen LogP contribution < -0.4 is 0 Å². The van der Waals surface area contributed by atoms with Gasteiger partial charge in [0.1, 0.15) is 5.69 Å². The largest absolute Gasteiger partial charge is 0.481 e. The van der Waals surface area contributed by atoms with Gasteiger partial charge in [0, 0.05) is 32.3 Å². The molecule has 2 aromatic rings. The van der Waals surface area contributed by atoms with E-state index in [-0.39, 0.29) is 18.4 Å². The molecule has 0 spiro atoms. The molecule has 5 nitrogen and oxygen atoms in total. The lowest BCUT2D eigenvalue weighted by atomic mass is 9.84. The Morgan fingerprint density at radius 2 is 1.83 bits per heavy atom. The van der Waals surface area contributed by atoms with Crippen LogP contribution in [0, 0.1) is 5.92 Å². The first kappa shape index (κ1) is 15.3. The van der Waals surface area contributed by atoms with E-state index in [0.717, 1.165) is 5.56 Å². The molecule has 2 heterocycles. The second-order valence-electron chi connectivity index (χ2n) is 6.09. The minimum absolute atomic E-state index is 0.0512. The third kappa shape index (κ3) is 3.13. The summed E-state index contributed by atoms with van der Waals surface area (Å²) < 4.78 is 1.77. The summed E-state index contributed by atoms with van der Waals surface area (Å²) >= 11 is 0. The van der Waals surface area contributed by atoms with Crippen LogP contribution in [0.3, 0.4) is 0 Å². The Balaban J connectivity index is 1.86. The number of aryl methyl sites for hydroxylation is 1. The highest BCUT2D eigenvalue weighted by Crippen LogP contribution is 2.31. The first-order valence-electron chi connectivity index (χ1n) is 7.74. The number of amides is 1. The second-order valence-corrected chi connectivity index (χ2v) is 6.09. The minimum atomic E-state index is -0.838. The molecule has 0 bridgehead atoms. The molecule has 1 aromatic heterocycles. The van der Waals surface area contributed by atoms with Crippen molar-refractivity contribution in [3.8, 4) is 0 Å². The molecular weight excluding hydrogens is 292 g/mol. The molecule has 3 rings (SSSR count). The Kier molecular flexibility index (Phi) is 4.19. The van der Waals surface area contributed by atoms with E-state index < -0.39 is 11.9 Å². The van der Waals surface area contributed by atoms with Gasteiger partial charge in [-0.3, -0.25) is 9.59 Å². The maximum Gasteiger partial charge on any atom is 0.308 e. The summed E-state index contributed by atoms with van der Waals surface area (Å²) in [5.41, 5.74) is 1.67. The molecule has 1 amide bonds. The number of carboxylic acid groups (broad SMARTS) is 1. The number of hydrogen-bond donors (Lipinski definition) is 1. The molecule has 120 valence electrons. The summed E-state index contributed by atoms with van der Waals surface area (Å²) in [5, 5.41) is 9.44. The molecule has 23 heavy (non-hydrogen) atoms. The average Bonchev–Trinajstić information content (AvgIpc) is 3.00. The van der Waals surface area contributed by atoms with E-state index in [0.29, 0.717) is 18.7 Å². The zero-order valence-electron chi connectivity index (χ0n) is 13.1. The van der Waals surface area contributed by atoms with E-state index in [4.69, 9.17) is 0 Å². The molecule has 0 aliphatic carbocycles. The maximum atomic E-state index is 12.7. The lowest BCUT2D eigenvalue weighted by molar-refractivity contribution is -0.143. The molecule has 2 unspecified atom stereocenters. The number of hydrogen-bond acceptors (Lipinski definition) is 2. The molecule has 5 heteroatoms. The fourth-order valence-electron chi connectivity index (χ4n) is 3.26. The molecule has 1 aromatic carbocycles. The molecule has 2 atom stereocenters. The van der Waals surface area contributed by atoms with E-state index >= 15 is 0 Å². The average molecular weight is 312 g/mol. The monoisotopic (exact) mass is 312 g/mol. The van der Waals surface area contributed by atoms with Crippen LogP contribution in [0.4, 0.5) is 0 Å². The highest BCUT2D eigenvalue weighted by atomic mass is 16.4. The maximum absolute atomic E-state index is 12.7. The third-order valence-corrected chi connectivity index (χ3v) is 4.52. The van der Waals surface area contributed by atoms with Crippen molar-refractivity contribution in [2.24, 2.45) is 13.0 Å². The Hall–Kier alpha value is -2.56. The highest BCUT2D eigenvalue weighted by Gasteiger charge is 2.35. The van der Waals surface area contributed by atoms with Crippen molar-refractivity contribution < 1.29 is 14.7 Å². The predicted octanol–water partition coefficient (Wildman–Crippen LogP) is 2.36. The van der Waals surface area contributed by atoms with Gasteiger partial charge in [0.25, 0.3) is 5.91 Å². The highest BCUT2D eigenvalue weighted by molar-refractivity contribution is 5.93. The van der Waals surface area contributed by atoms with Gasteiger partial charge < -0.3 is 14.6 Å². The molecule has 1 N–H and O–H groups in total. The Morgan fingerprint density at radius 3 is 2.43 bits per heavy atom.